The van der Waals surface area contributed by atoms with Crippen LogP contribution in [0.1, 0.15) is 15.4 Å². The molecule has 0 unspecified atom stereocenters. The summed E-state index contributed by atoms with van der Waals surface area (Å²) in [4.78, 5) is 20.5. The fourth-order valence-corrected chi connectivity index (χ4v) is 4.69. The number of hydrogen-bond donors (Lipinski definition) is 1. The van der Waals surface area contributed by atoms with E-state index in [1.807, 2.05) is 72.3 Å². The van der Waals surface area contributed by atoms with Crippen LogP contribution in [0.15, 0.2) is 48.7 Å². The van der Waals surface area contributed by atoms with Crippen molar-refractivity contribution in [1.29, 1.82) is 0 Å². The van der Waals surface area contributed by atoms with Crippen molar-refractivity contribution in [2.75, 3.05) is 25.5 Å². The van der Waals surface area contributed by atoms with Gasteiger partial charge < -0.3 is 10.2 Å². The van der Waals surface area contributed by atoms with Gasteiger partial charge in [-0.25, -0.2) is 9.67 Å². The first kappa shape index (κ1) is 17.7. The lowest BCUT2D eigenvalue weighted by molar-refractivity contribution is 0.0958. The molecule has 27 heavy (non-hydrogen) atoms. The second-order valence-electron chi connectivity index (χ2n) is 6.26. The first-order chi connectivity index (χ1) is 13.1. The molecule has 0 atom stereocenters. The van der Waals surface area contributed by atoms with E-state index in [1.54, 1.807) is 11.3 Å². The van der Waals surface area contributed by atoms with Crippen molar-refractivity contribution in [3.63, 3.8) is 0 Å². The number of fused-ring (bicyclic) bond motifs is 1. The largest absolute Gasteiger partial charge is 0.354 e. The number of carbonyl (C=O) groups excluding carboxylic acids is 1. The van der Waals surface area contributed by atoms with Gasteiger partial charge >= 0.3 is 0 Å². The summed E-state index contributed by atoms with van der Waals surface area (Å²) < 4.78 is 2.90. The summed E-state index contributed by atoms with van der Waals surface area (Å²) in [6.45, 7) is 0.548. The predicted octanol–water partition coefficient (Wildman–Crippen LogP) is 3.58. The van der Waals surface area contributed by atoms with E-state index in [2.05, 4.69) is 15.4 Å². The first-order valence-corrected chi connectivity index (χ1v) is 10.2. The van der Waals surface area contributed by atoms with E-state index >= 15 is 0 Å². The van der Waals surface area contributed by atoms with E-state index in [4.69, 9.17) is 0 Å². The number of carbonyl (C=O) groups is 1. The Kier molecular flexibility index (Phi) is 4.91. The molecular weight excluding hydrogens is 378 g/mol. The van der Waals surface area contributed by atoms with Crippen molar-refractivity contribution >= 4 is 43.2 Å². The van der Waals surface area contributed by atoms with Gasteiger partial charge in [0.25, 0.3) is 5.91 Å². The van der Waals surface area contributed by atoms with Crippen molar-refractivity contribution in [2.45, 2.75) is 6.42 Å². The van der Waals surface area contributed by atoms with Crippen molar-refractivity contribution in [3.05, 3.63) is 59.2 Å². The van der Waals surface area contributed by atoms with Crippen molar-refractivity contribution in [1.82, 2.24) is 20.1 Å². The molecule has 0 fully saturated rings. The molecule has 0 bridgehead atoms. The Hall–Kier alpha value is -2.71. The molecule has 0 radical (unpaired) electrons. The number of hydrogen-bond acceptors (Lipinski definition) is 6. The Morgan fingerprint density at radius 2 is 2.00 bits per heavy atom. The van der Waals surface area contributed by atoms with Gasteiger partial charge in [-0.1, -0.05) is 29.5 Å². The average molecular weight is 398 g/mol. The van der Waals surface area contributed by atoms with Gasteiger partial charge in [0, 0.05) is 33.3 Å². The van der Waals surface area contributed by atoms with Crippen LogP contribution in [0, 0.1) is 0 Å². The van der Waals surface area contributed by atoms with Gasteiger partial charge in [0.1, 0.15) is 4.83 Å². The van der Waals surface area contributed by atoms with E-state index in [0.717, 1.165) is 26.0 Å². The molecule has 4 rings (SSSR count). The number of rotatable bonds is 6. The topological polar surface area (TPSA) is 63.1 Å². The number of aromatic nitrogens is 3. The van der Waals surface area contributed by atoms with Crippen LogP contribution in [0.4, 0.5) is 5.13 Å². The molecule has 1 amide bonds. The molecule has 0 aliphatic carbocycles. The molecule has 8 heteroatoms. The molecular formula is C19H19N5OS2. The minimum atomic E-state index is -0.0564. The van der Waals surface area contributed by atoms with Gasteiger partial charge in [0.2, 0.25) is 0 Å². The fraction of sp³-hybridized carbons (Fsp3) is 0.211. The highest BCUT2D eigenvalue weighted by molar-refractivity contribution is 7.29. The third kappa shape index (κ3) is 3.86. The standard InChI is InChI=1S/C19H19N5OS2/c1-23(2)19-21-18-16(27-19)12-15(26-18)17(25)20-10-8-13-9-11-24(22-13)14-6-4-3-5-7-14/h3-7,9,11-12H,8,10H2,1-2H3,(H,20,25). The van der Waals surface area contributed by atoms with Gasteiger partial charge in [0.05, 0.1) is 21.0 Å². The van der Waals surface area contributed by atoms with E-state index in [-0.39, 0.29) is 5.91 Å². The summed E-state index contributed by atoms with van der Waals surface area (Å²) in [6, 6.07) is 13.9. The summed E-state index contributed by atoms with van der Waals surface area (Å²) in [5.41, 5.74) is 1.97. The molecule has 0 aliphatic heterocycles. The number of nitrogens with one attached hydrogen (secondary N) is 1. The van der Waals surface area contributed by atoms with Gasteiger partial charge in [0.15, 0.2) is 5.13 Å². The molecule has 6 nitrogen and oxygen atoms in total. The summed E-state index contributed by atoms with van der Waals surface area (Å²) in [5.74, 6) is -0.0564. The molecule has 138 valence electrons. The molecule has 0 saturated heterocycles. The number of thiophene rings is 1. The third-order valence-corrected chi connectivity index (χ3v) is 6.34. The Morgan fingerprint density at radius 3 is 2.74 bits per heavy atom. The van der Waals surface area contributed by atoms with Gasteiger partial charge in [-0.05, 0) is 24.3 Å². The average Bonchev–Trinajstić information content (AvgIpc) is 3.37. The Bertz CT molecular complexity index is 1030. The van der Waals surface area contributed by atoms with Crippen LogP contribution >= 0.6 is 22.7 Å². The molecule has 3 aromatic heterocycles. The number of nitrogens with zero attached hydrogens (tertiary/aromatic N) is 4. The van der Waals surface area contributed by atoms with Crippen LogP contribution in [0.2, 0.25) is 0 Å². The monoisotopic (exact) mass is 397 g/mol. The SMILES string of the molecule is CN(C)c1nc2sc(C(=O)NCCc3ccn(-c4ccccc4)n3)cc2s1. The molecule has 0 aliphatic rings. The minimum absolute atomic E-state index is 0.0564. The van der Waals surface area contributed by atoms with Crippen molar-refractivity contribution < 1.29 is 4.79 Å². The van der Waals surface area contributed by atoms with Crippen molar-refractivity contribution in [3.8, 4) is 5.69 Å². The van der Waals surface area contributed by atoms with Crippen LogP contribution in [0.5, 0.6) is 0 Å². The quantitative estimate of drug-likeness (QED) is 0.540. The highest BCUT2D eigenvalue weighted by Crippen LogP contribution is 2.33. The fourth-order valence-electron chi connectivity index (χ4n) is 2.64. The van der Waals surface area contributed by atoms with Gasteiger partial charge in [-0.15, -0.1) is 11.3 Å². The zero-order chi connectivity index (χ0) is 18.8. The van der Waals surface area contributed by atoms with Crippen LogP contribution in [0.25, 0.3) is 15.2 Å². The number of anilines is 1. The van der Waals surface area contributed by atoms with Crippen LogP contribution in [-0.4, -0.2) is 41.3 Å². The van der Waals surface area contributed by atoms with Crippen LogP contribution in [0.3, 0.4) is 0 Å². The number of thiazole rings is 1. The molecule has 1 aromatic carbocycles. The molecule has 0 saturated carbocycles. The third-order valence-electron chi connectivity index (χ3n) is 4.02. The number of amides is 1. The smallest absolute Gasteiger partial charge is 0.261 e. The first-order valence-electron chi connectivity index (χ1n) is 8.56. The van der Waals surface area contributed by atoms with E-state index < -0.39 is 0 Å². The number of para-hydroxylation sites is 1. The van der Waals surface area contributed by atoms with Gasteiger partial charge in [-0.3, -0.25) is 4.79 Å². The summed E-state index contributed by atoms with van der Waals surface area (Å²) >= 11 is 3.03. The second kappa shape index (κ2) is 7.50. The minimum Gasteiger partial charge on any atom is -0.354 e. The lowest BCUT2D eigenvalue weighted by atomic mass is 10.3. The Morgan fingerprint density at radius 1 is 1.19 bits per heavy atom. The normalized spacial score (nSPS) is 11.0. The maximum atomic E-state index is 12.4. The molecule has 4 aromatic rings. The lowest BCUT2D eigenvalue weighted by Crippen LogP contribution is -2.25. The summed E-state index contributed by atoms with van der Waals surface area (Å²) in [6.07, 6.45) is 2.63. The maximum absolute atomic E-state index is 12.4. The summed E-state index contributed by atoms with van der Waals surface area (Å²) in [7, 11) is 3.93. The zero-order valence-electron chi connectivity index (χ0n) is 15.0. The van der Waals surface area contributed by atoms with Crippen LogP contribution in [-0.2, 0) is 6.42 Å². The second-order valence-corrected chi connectivity index (χ2v) is 8.30. The van der Waals surface area contributed by atoms with Crippen LogP contribution < -0.4 is 10.2 Å². The zero-order valence-corrected chi connectivity index (χ0v) is 16.7. The van der Waals surface area contributed by atoms with E-state index in [9.17, 15) is 4.79 Å². The molecule has 0 spiro atoms. The Labute approximate surface area is 165 Å². The highest BCUT2D eigenvalue weighted by Gasteiger charge is 2.14. The molecule has 3 heterocycles. The summed E-state index contributed by atoms with van der Waals surface area (Å²) in [5, 5.41) is 8.49. The highest BCUT2D eigenvalue weighted by atomic mass is 32.1. The lowest BCUT2D eigenvalue weighted by Gasteiger charge is -2.05. The van der Waals surface area contributed by atoms with E-state index in [1.165, 1.54) is 11.3 Å². The Balaban J connectivity index is 1.34. The van der Waals surface area contributed by atoms with Gasteiger partial charge in [-0.2, -0.15) is 5.10 Å². The maximum Gasteiger partial charge on any atom is 0.261 e. The molecule has 1 N–H and O–H groups in total. The number of benzene rings is 1. The van der Waals surface area contributed by atoms with E-state index in [0.29, 0.717) is 17.8 Å². The predicted molar refractivity (Wildman–Crippen MR) is 111 cm³/mol. The van der Waals surface area contributed by atoms with Crippen molar-refractivity contribution in [2.24, 2.45) is 0 Å².